The highest BCUT2D eigenvalue weighted by Crippen LogP contribution is 2.35. The number of ether oxygens (including phenoxy) is 1. The van der Waals surface area contributed by atoms with Crippen LogP contribution >= 0.6 is 35.0 Å². The van der Waals surface area contributed by atoms with Crippen molar-refractivity contribution in [3.63, 3.8) is 0 Å². The first-order chi connectivity index (χ1) is 8.60. The van der Waals surface area contributed by atoms with Crippen LogP contribution in [0, 0.1) is 0 Å². The van der Waals surface area contributed by atoms with Crippen LogP contribution in [0.5, 0.6) is 11.5 Å². The number of benzene rings is 2. The highest BCUT2D eigenvalue weighted by atomic mass is 35.5. The van der Waals surface area contributed by atoms with E-state index in [-0.39, 0.29) is 0 Å². The predicted octanol–water partition coefficient (Wildman–Crippen LogP) is 5.09. The van der Waals surface area contributed by atoms with E-state index in [1.807, 2.05) is 30.5 Å². The Labute approximate surface area is 120 Å². The van der Waals surface area contributed by atoms with Gasteiger partial charge >= 0.3 is 0 Å². The van der Waals surface area contributed by atoms with Gasteiger partial charge in [0.1, 0.15) is 5.75 Å². The summed E-state index contributed by atoms with van der Waals surface area (Å²) in [5, 5.41) is 0.834. The van der Waals surface area contributed by atoms with Crippen molar-refractivity contribution in [1.82, 2.24) is 0 Å². The lowest BCUT2D eigenvalue weighted by molar-refractivity contribution is 0.484. The summed E-state index contributed by atoms with van der Waals surface area (Å²) in [5.41, 5.74) is 6.28. The van der Waals surface area contributed by atoms with E-state index >= 15 is 0 Å². The minimum atomic E-state index is 0.416. The van der Waals surface area contributed by atoms with Gasteiger partial charge in [-0.2, -0.15) is 0 Å². The Balaban J connectivity index is 2.25. The molecule has 5 heteroatoms. The van der Waals surface area contributed by atoms with Crippen LogP contribution in [0.25, 0.3) is 0 Å². The molecule has 0 saturated carbocycles. The fraction of sp³-hybridized carbons (Fsp3) is 0.0769. The molecule has 0 atom stereocenters. The molecule has 2 nitrogen and oxygen atoms in total. The van der Waals surface area contributed by atoms with E-state index in [0.717, 1.165) is 0 Å². The van der Waals surface area contributed by atoms with E-state index in [2.05, 4.69) is 0 Å². The minimum Gasteiger partial charge on any atom is -0.455 e. The van der Waals surface area contributed by atoms with Crippen molar-refractivity contribution in [2.45, 2.75) is 4.90 Å². The van der Waals surface area contributed by atoms with Gasteiger partial charge < -0.3 is 10.5 Å². The monoisotopic (exact) mass is 299 g/mol. The van der Waals surface area contributed by atoms with Crippen molar-refractivity contribution in [2.24, 2.45) is 0 Å². The zero-order chi connectivity index (χ0) is 13.1. The van der Waals surface area contributed by atoms with E-state index in [1.54, 1.807) is 23.9 Å². The first-order valence-electron chi connectivity index (χ1n) is 5.16. The molecule has 0 bridgehead atoms. The molecule has 0 aliphatic rings. The Morgan fingerprint density at radius 3 is 2.28 bits per heavy atom. The SMILES string of the molecule is CSc1ccc(Oc2cc(Cl)c(Cl)cc2N)cc1. The number of thioether (sulfide) groups is 1. The van der Waals surface area contributed by atoms with Crippen LogP contribution in [0.4, 0.5) is 5.69 Å². The van der Waals surface area contributed by atoms with Gasteiger partial charge in [0.15, 0.2) is 5.75 Å². The average Bonchev–Trinajstić information content (AvgIpc) is 2.37. The molecule has 0 spiro atoms. The van der Waals surface area contributed by atoms with Gasteiger partial charge in [0.2, 0.25) is 0 Å². The summed E-state index contributed by atoms with van der Waals surface area (Å²) in [4.78, 5) is 1.17. The Hall–Kier alpha value is -1.03. The predicted molar refractivity (Wildman–Crippen MR) is 79.2 cm³/mol. The first kappa shape index (κ1) is 13.4. The zero-order valence-electron chi connectivity index (χ0n) is 9.61. The summed E-state index contributed by atoms with van der Waals surface area (Å²) >= 11 is 13.5. The van der Waals surface area contributed by atoms with E-state index in [4.69, 9.17) is 33.7 Å². The van der Waals surface area contributed by atoms with E-state index < -0.39 is 0 Å². The van der Waals surface area contributed by atoms with Gasteiger partial charge in [-0.05, 0) is 36.6 Å². The van der Waals surface area contributed by atoms with Crippen molar-refractivity contribution in [3.05, 3.63) is 46.4 Å². The zero-order valence-corrected chi connectivity index (χ0v) is 11.9. The fourth-order valence-corrected chi connectivity index (χ4v) is 2.14. The second-order valence-corrected chi connectivity index (χ2v) is 5.28. The van der Waals surface area contributed by atoms with E-state index in [1.165, 1.54) is 4.90 Å². The van der Waals surface area contributed by atoms with Crippen molar-refractivity contribution >= 4 is 40.7 Å². The number of nitrogen functional groups attached to an aromatic ring is 1. The fourth-order valence-electron chi connectivity index (χ4n) is 1.40. The topological polar surface area (TPSA) is 35.2 Å². The summed E-state index contributed by atoms with van der Waals surface area (Å²) in [7, 11) is 0. The number of hydrogen-bond donors (Lipinski definition) is 1. The van der Waals surface area contributed by atoms with E-state index in [0.29, 0.717) is 27.2 Å². The lowest BCUT2D eigenvalue weighted by Gasteiger charge is -2.10. The summed E-state index contributed by atoms with van der Waals surface area (Å²) in [6, 6.07) is 10.9. The molecule has 2 N–H and O–H groups in total. The van der Waals surface area contributed by atoms with Gasteiger partial charge in [0.25, 0.3) is 0 Å². The smallest absolute Gasteiger partial charge is 0.151 e. The van der Waals surface area contributed by atoms with Crippen molar-refractivity contribution < 1.29 is 4.74 Å². The number of rotatable bonds is 3. The van der Waals surface area contributed by atoms with Crippen LogP contribution in [0.2, 0.25) is 10.0 Å². The van der Waals surface area contributed by atoms with Crippen molar-refractivity contribution in [1.29, 1.82) is 0 Å². The minimum absolute atomic E-state index is 0.416. The molecule has 0 aliphatic carbocycles. The molecule has 18 heavy (non-hydrogen) atoms. The Kier molecular flexibility index (Phi) is 4.27. The van der Waals surface area contributed by atoms with Crippen LogP contribution < -0.4 is 10.5 Å². The molecule has 0 saturated heterocycles. The molecule has 2 aromatic rings. The molecule has 0 heterocycles. The molecule has 2 aromatic carbocycles. The first-order valence-corrected chi connectivity index (χ1v) is 7.14. The standard InChI is InChI=1S/C13H11Cl2NOS/c1-18-9-4-2-8(3-5-9)17-13-7-11(15)10(14)6-12(13)16/h2-7H,16H2,1H3. The highest BCUT2D eigenvalue weighted by molar-refractivity contribution is 7.98. The van der Waals surface area contributed by atoms with Gasteiger partial charge in [-0.3, -0.25) is 0 Å². The Morgan fingerprint density at radius 2 is 1.67 bits per heavy atom. The molecule has 2 rings (SSSR count). The maximum absolute atomic E-state index is 5.93. The number of hydrogen-bond acceptors (Lipinski definition) is 3. The Morgan fingerprint density at radius 1 is 1.06 bits per heavy atom. The second-order valence-electron chi connectivity index (χ2n) is 3.58. The average molecular weight is 300 g/mol. The Bertz CT molecular complexity index is 558. The summed E-state index contributed by atoms with van der Waals surface area (Å²) in [6.07, 6.45) is 2.02. The normalized spacial score (nSPS) is 10.4. The van der Waals surface area contributed by atoms with Crippen LogP contribution in [-0.2, 0) is 0 Å². The van der Waals surface area contributed by atoms with Crippen LogP contribution in [0.3, 0.4) is 0 Å². The molecule has 94 valence electrons. The highest BCUT2D eigenvalue weighted by Gasteiger charge is 2.07. The number of nitrogens with two attached hydrogens (primary N) is 1. The quantitative estimate of drug-likeness (QED) is 0.633. The van der Waals surface area contributed by atoms with Crippen molar-refractivity contribution in [3.8, 4) is 11.5 Å². The van der Waals surface area contributed by atoms with Gasteiger partial charge in [-0.25, -0.2) is 0 Å². The third-order valence-electron chi connectivity index (χ3n) is 2.34. The van der Waals surface area contributed by atoms with Crippen LogP contribution in [0.15, 0.2) is 41.3 Å². The van der Waals surface area contributed by atoms with Gasteiger partial charge in [-0.15, -0.1) is 11.8 Å². The summed E-state index contributed by atoms with van der Waals surface area (Å²) in [5.74, 6) is 1.21. The molecule has 0 amide bonds. The molecular weight excluding hydrogens is 289 g/mol. The molecule has 0 aliphatic heterocycles. The van der Waals surface area contributed by atoms with Crippen LogP contribution in [0.1, 0.15) is 0 Å². The lowest BCUT2D eigenvalue weighted by Crippen LogP contribution is -1.92. The van der Waals surface area contributed by atoms with Gasteiger partial charge in [0.05, 0.1) is 15.7 Å². The second kappa shape index (κ2) is 5.74. The molecular formula is C13H11Cl2NOS. The lowest BCUT2D eigenvalue weighted by atomic mass is 10.3. The third kappa shape index (κ3) is 3.05. The number of halogens is 2. The maximum Gasteiger partial charge on any atom is 0.151 e. The third-order valence-corrected chi connectivity index (χ3v) is 3.81. The van der Waals surface area contributed by atoms with Gasteiger partial charge in [0, 0.05) is 11.0 Å². The van der Waals surface area contributed by atoms with Gasteiger partial charge in [-0.1, -0.05) is 23.2 Å². The summed E-state index contributed by atoms with van der Waals surface area (Å²) in [6.45, 7) is 0. The summed E-state index contributed by atoms with van der Waals surface area (Å²) < 4.78 is 5.67. The molecule has 0 radical (unpaired) electrons. The molecule has 0 fully saturated rings. The number of anilines is 1. The molecule has 0 aromatic heterocycles. The van der Waals surface area contributed by atoms with Crippen molar-refractivity contribution in [2.75, 3.05) is 12.0 Å². The van der Waals surface area contributed by atoms with Crippen LogP contribution in [-0.4, -0.2) is 6.26 Å². The molecule has 0 unspecified atom stereocenters. The largest absolute Gasteiger partial charge is 0.455 e. The van der Waals surface area contributed by atoms with E-state index in [9.17, 15) is 0 Å². The maximum atomic E-state index is 5.93.